The molecule has 2 N–H and O–H groups in total. The molecule has 0 fully saturated rings. The first kappa shape index (κ1) is 24.2. The summed E-state index contributed by atoms with van der Waals surface area (Å²) < 4.78 is 62.1. The number of benzene rings is 3. The topological polar surface area (TPSA) is 133 Å². The Hall–Kier alpha value is -4.52. The Labute approximate surface area is 208 Å². The second-order valence-electron chi connectivity index (χ2n) is 8.23. The van der Waals surface area contributed by atoms with E-state index in [0.29, 0.717) is 0 Å². The van der Waals surface area contributed by atoms with Crippen LogP contribution in [0, 0.1) is 11.6 Å². The largest absolute Gasteiger partial charge is 0.481 e. The molecule has 37 heavy (non-hydrogen) atoms. The van der Waals surface area contributed by atoms with Gasteiger partial charge in [-0.2, -0.15) is 0 Å². The average molecular weight is 529 g/mol. The lowest BCUT2D eigenvalue weighted by molar-refractivity contribution is 0.0570. The summed E-state index contributed by atoms with van der Waals surface area (Å²) in [6, 6.07) is 11.9. The Balaban J connectivity index is 1.55. The van der Waals surface area contributed by atoms with Gasteiger partial charge in [0, 0.05) is 11.8 Å². The van der Waals surface area contributed by atoms with Crippen LogP contribution in [0.1, 0.15) is 20.7 Å². The molecule has 0 radical (unpaired) electrons. The number of hydrogen-bond donors (Lipinski definition) is 2. The third-order valence-electron chi connectivity index (χ3n) is 5.86. The number of carbonyl (C=O) groups is 3. The van der Waals surface area contributed by atoms with Gasteiger partial charge in [-0.25, -0.2) is 22.0 Å². The van der Waals surface area contributed by atoms with Crippen molar-refractivity contribution < 1.29 is 41.4 Å². The number of fused-ring (bicyclic) bond motifs is 2. The van der Waals surface area contributed by atoms with Crippen LogP contribution in [-0.2, 0) is 10.0 Å². The maximum atomic E-state index is 15.1. The second kappa shape index (κ2) is 8.85. The van der Waals surface area contributed by atoms with Gasteiger partial charge in [0.2, 0.25) is 0 Å². The van der Waals surface area contributed by atoms with Crippen LogP contribution in [0.4, 0.5) is 25.0 Å². The molecule has 190 valence electrons. The summed E-state index contributed by atoms with van der Waals surface area (Å²) in [5.41, 5.74) is -0.220. The van der Waals surface area contributed by atoms with Crippen molar-refractivity contribution in [1.82, 2.24) is 4.90 Å². The van der Waals surface area contributed by atoms with Crippen LogP contribution in [0.2, 0.25) is 0 Å². The van der Waals surface area contributed by atoms with Gasteiger partial charge in [0.1, 0.15) is 11.9 Å². The molecule has 3 aromatic rings. The van der Waals surface area contributed by atoms with Gasteiger partial charge in [0.15, 0.2) is 11.6 Å². The summed E-state index contributed by atoms with van der Waals surface area (Å²) in [4.78, 5) is 37.3. The summed E-state index contributed by atoms with van der Waals surface area (Å²) in [7, 11) is -4.44. The van der Waals surface area contributed by atoms with Crippen molar-refractivity contribution in [1.29, 1.82) is 0 Å². The molecular formula is C24H17F2N3O7S. The highest BCUT2D eigenvalue weighted by molar-refractivity contribution is 7.92. The van der Waals surface area contributed by atoms with Gasteiger partial charge in [-0.1, -0.05) is 12.1 Å². The standard InChI is InChI=1S/C24H17F2N3O7S/c25-13-5-7-16(8-6-13)37(34,35)29-12-15(11-28-22(30)17-3-1-2-4-18(17)23(28)31)36-21-19(26)9-14(10-20(21)29)27-24(32)33/h1-10,15,27H,11-12H2,(H,32,33). The number of nitrogens with one attached hydrogen (secondary N) is 1. The number of hydrogen-bond acceptors (Lipinski definition) is 6. The molecule has 0 aromatic heterocycles. The molecule has 3 aromatic carbocycles. The normalized spacial score (nSPS) is 16.8. The van der Waals surface area contributed by atoms with E-state index in [0.717, 1.165) is 45.6 Å². The molecule has 1 atom stereocenters. The predicted octanol–water partition coefficient (Wildman–Crippen LogP) is 3.31. The Bertz CT molecular complexity index is 1530. The van der Waals surface area contributed by atoms with Crippen LogP contribution in [0.15, 0.2) is 65.6 Å². The molecule has 2 heterocycles. The maximum Gasteiger partial charge on any atom is 0.409 e. The van der Waals surface area contributed by atoms with E-state index < -0.39 is 64.5 Å². The molecule has 0 saturated heterocycles. The van der Waals surface area contributed by atoms with Crippen molar-refractivity contribution in [3.8, 4) is 5.75 Å². The Kier molecular flexibility index (Phi) is 5.79. The zero-order valence-electron chi connectivity index (χ0n) is 18.7. The van der Waals surface area contributed by atoms with E-state index in [1.165, 1.54) is 12.1 Å². The summed E-state index contributed by atoms with van der Waals surface area (Å²) in [6.45, 7) is -0.855. The Morgan fingerprint density at radius 2 is 1.65 bits per heavy atom. The predicted molar refractivity (Wildman–Crippen MR) is 125 cm³/mol. The van der Waals surface area contributed by atoms with Crippen molar-refractivity contribution >= 4 is 39.3 Å². The molecule has 3 amide bonds. The SMILES string of the molecule is O=C(O)Nc1cc(F)c2c(c1)N(S(=O)(=O)c1ccc(F)cc1)CC(CN1C(=O)c3ccccc3C1=O)O2. The van der Waals surface area contributed by atoms with E-state index in [9.17, 15) is 27.2 Å². The number of carboxylic acid groups (broad SMARTS) is 1. The van der Waals surface area contributed by atoms with E-state index in [4.69, 9.17) is 9.84 Å². The molecule has 0 spiro atoms. The van der Waals surface area contributed by atoms with Gasteiger partial charge in [0.25, 0.3) is 21.8 Å². The van der Waals surface area contributed by atoms with E-state index >= 15 is 4.39 Å². The third-order valence-corrected chi connectivity index (χ3v) is 7.66. The fraction of sp³-hybridized carbons (Fsp3) is 0.125. The van der Waals surface area contributed by atoms with E-state index in [2.05, 4.69) is 0 Å². The van der Waals surface area contributed by atoms with Crippen molar-refractivity contribution in [2.75, 3.05) is 22.7 Å². The number of carbonyl (C=O) groups excluding carboxylic acids is 2. The fourth-order valence-corrected chi connectivity index (χ4v) is 5.72. The van der Waals surface area contributed by atoms with Crippen LogP contribution in [0.5, 0.6) is 5.75 Å². The molecule has 5 rings (SSSR count). The lowest BCUT2D eigenvalue weighted by atomic mass is 10.1. The van der Waals surface area contributed by atoms with Crippen LogP contribution in [0.25, 0.3) is 0 Å². The number of anilines is 2. The summed E-state index contributed by atoms with van der Waals surface area (Å²) in [6.07, 6.45) is -2.69. The first-order valence-electron chi connectivity index (χ1n) is 10.8. The number of imide groups is 1. The van der Waals surface area contributed by atoms with Crippen molar-refractivity contribution in [3.05, 3.63) is 83.4 Å². The summed E-state index contributed by atoms with van der Waals surface area (Å²) in [5.74, 6) is -3.49. The Morgan fingerprint density at radius 3 is 2.24 bits per heavy atom. The highest BCUT2D eigenvalue weighted by Gasteiger charge is 2.41. The maximum absolute atomic E-state index is 15.1. The minimum atomic E-state index is -4.44. The zero-order valence-corrected chi connectivity index (χ0v) is 19.5. The van der Waals surface area contributed by atoms with E-state index in [1.807, 2.05) is 5.32 Å². The van der Waals surface area contributed by atoms with Gasteiger partial charge >= 0.3 is 6.09 Å². The minimum absolute atomic E-state index is 0.176. The first-order chi connectivity index (χ1) is 17.6. The molecule has 10 nitrogen and oxygen atoms in total. The molecule has 2 aliphatic heterocycles. The van der Waals surface area contributed by atoms with E-state index in [1.54, 1.807) is 12.1 Å². The van der Waals surface area contributed by atoms with Crippen LogP contribution in [0.3, 0.4) is 0 Å². The Morgan fingerprint density at radius 1 is 1.03 bits per heavy atom. The quantitative estimate of drug-likeness (QED) is 0.485. The molecule has 13 heteroatoms. The molecule has 0 saturated carbocycles. The molecule has 1 unspecified atom stereocenters. The number of halogens is 2. The fourth-order valence-electron chi connectivity index (χ4n) is 4.23. The molecule has 0 bridgehead atoms. The van der Waals surface area contributed by atoms with Crippen molar-refractivity contribution in [2.24, 2.45) is 0 Å². The average Bonchev–Trinajstić information content (AvgIpc) is 3.09. The summed E-state index contributed by atoms with van der Waals surface area (Å²) in [5, 5.41) is 11.0. The molecular weight excluding hydrogens is 512 g/mol. The third kappa shape index (κ3) is 4.22. The second-order valence-corrected chi connectivity index (χ2v) is 10.1. The first-order valence-corrected chi connectivity index (χ1v) is 12.2. The number of ether oxygens (including phenoxy) is 1. The zero-order chi connectivity index (χ0) is 26.5. The minimum Gasteiger partial charge on any atom is -0.481 e. The highest BCUT2D eigenvalue weighted by Crippen LogP contribution is 2.41. The van der Waals surface area contributed by atoms with E-state index in [-0.39, 0.29) is 27.4 Å². The number of sulfonamides is 1. The lowest BCUT2D eigenvalue weighted by Crippen LogP contribution is -2.49. The summed E-state index contributed by atoms with van der Waals surface area (Å²) >= 11 is 0. The number of amides is 3. The lowest BCUT2D eigenvalue weighted by Gasteiger charge is -2.36. The monoisotopic (exact) mass is 529 g/mol. The van der Waals surface area contributed by atoms with Gasteiger partial charge in [-0.15, -0.1) is 0 Å². The van der Waals surface area contributed by atoms with Crippen molar-refractivity contribution in [3.63, 3.8) is 0 Å². The van der Waals surface area contributed by atoms with Crippen LogP contribution in [-0.4, -0.2) is 55.5 Å². The van der Waals surface area contributed by atoms with Gasteiger partial charge < -0.3 is 9.84 Å². The number of nitrogens with zero attached hydrogens (tertiary/aromatic N) is 2. The molecule has 2 aliphatic rings. The number of rotatable bonds is 5. The molecule has 0 aliphatic carbocycles. The smallest absolute Gasteiger partial charge is 0.409 e. The van der Waals surface area contributed by atoms with Gasteiger partial charge in [-0.05, 0) is 42.5 Å². The highest BCUT2D eigenvalue weighted by atomic mass is 32.2. The van der Waals surface area contributed by atoms with Crippen LogP contribution >= 0.6 is 0 Å². The van der Waals surface area contributed by atoms with Crippen molar-refractivity contribution in [2.45, 2.75) is 11.0 Å². The van der Waals surface area contributed by atoms with Crippen LogP contribution < -0.4 is 14.4 Å². The van der Waals surface area contributed by atoms with Gasteiger partial charge in [-0.3, -0.25) is 24.1 Å². The van der Waals surface area contributed by atoms with Gasteiger partial charge in [0.05, 0.1) is 34.8 Å².